The molecule has 3 rings (SSSR count). The molecular formula is C13H14N2. The van der Waals surface area contributed by atoms with E-state index in [1.165, 1.54) is 22.2 Å². The molecule has 0 radical (unpaired) electrons. The Bertz CT molecular complexity index is 510. The van der Waals surface area contributed by atoms with E-state index in [0.29, 0.717) is 6.04 Å². The van der Waals surface area contributed by atoms with E-state index in [1.54, 1.807) is 0 Å². The lowest BCUT2D eigenvalue weighted by Gasteiger charge is -2.20. The summed E-state index contributed by atoms with van der Waals surface area (Å²) in [7, 11) is 0. The maximum absolute atomic E-state index is 3.85. The minimum absolute atomic E-state index is 0.414. The van der Waals surface area contributed by atoms with E-state index < -0.39 is 0 Å². The summed E-state index contributed by atoms with van der Waals surface area (Å²) in [4.78, 5) is 3.46. The van der Waals surface area contributed by atoms with Crippen LogP contribution in [0.5, 0.6) is 0 Å². The third-order valence-electron chi connectivity index (χ3n) is 3.15. The van der Waals surface area contributed by atoms with Crippen molar-refractivity contribution in [2.45, 2.75) is 19.0 Å². The molecule has 2 aromatic rings. The van der Waals surface area contributed by atoms with Gasteiger partial charge in [0.25, 0.3) is 0 Å². The van der Waals surface area contributed by atoms with Crippen molar-refractivity contribution in [3.05, 3.63) is 48.2 Å². The monoisotopic (exact) mass is 198 g/mol. The van der Waals surface area contributed by atoms with Gasteiger partial charge in [0.05, 0.1) is 0 Å². The van der Waals surface area contributed by atoms with Crippen LogP contribution >= 0.6 is 0 Å². The quantitative estimate of drug-likeness (QED) is 0.676. The Labute approximate surface area is 89.0 Å². The molecule has 2 nitrogen and oxygen atoms in total. The van der Waals surface area contributed by atoms with Gasteiger partial charge in [-0.15, -0.1) is 6.58 Å². The molecule has 1 aromatic heterocycles. The summed E-state index contributed by atoms with van der Waals surface area (Å²) in [6, 6.07) is 8.91. The van der Waals surface area contributed by atoms with Crippen LogP contribution in [0.3, 0.4) is 0 Å². The van der Waals surface area contributed by atoms with Crippen molar-refractivity contribution in [2.24, 2.45) is 0 Å². The summed E-state index contributed by atoms with van der Waals surface area (Å²) in [5, 5.41) is 4.80. The molecule has 0 spiro atoms. The molecule has 2 heterocycles. The predicted molar refractivity (Wildman–Crippen MR) is 62.8 cm³/mol. The van der Waals surface area contributed by atoms with Gasteiger partial charge in [0.15, 0.2) is 0 Å². The normalized spacial score (nSPS) is 20.1. The van der Waals surface area contributed by atoms with E-state index >= 15 is 0 Å². The largest absolute Gasteiger partial charge is 0.357 e. The number of hydrogen-bond acceptors (Lipinski definition) is 1. The number of para-hydroxylation sites is 1. The van der Waals surface area contributed by atoms with Gasteiger partial charge in [-0.05, 0) is 18.1 Å². The molecule has 0 fully saturated rings. The number of H-pyrrole nitrogens is 1. The average Bonchev–Trinajstić information content (AvgIpc) is 2.66. The second-order valence-electron chi connectivity index (χ2n) is 4.05. The van der Waals surface area contributed by atoms with Gasteiger partial charge in [0.2, 0.25) is 0 Å². The standard InChI is InChI=1S/C13H14N2/c1-2-9-7-11-10-5-3-4-6-12(10)15-13(11)8-14-9/h2-6,9,14-15H,1,7-8H2. The minimum Gasteiger partial charge on any atom is -0.357 e. The summed E-state index contributed by atoms with van der Waals surface area (Å²) in [5.74, 6) is 0. The van der Waals surface area contributed by atoms with Crippen LogP contribution in [-0.4, -0.2) is 11.0 Å². The van der Waals surface area contributed by atoms with Crippen molar-refractivity contribution in [3.8, 4) is 0 Å². The van der Waals surface area contributed by atoms with Crippen LogP contribution in [0.1, 0.15) is 11.3 Å². The van der Waals surface area contributed by atoms with Crippen LogP contribution < -0.4 is 5.32 Å². The first-order valence-corrected chi connectivity index (χ1v) is 5.33. The number of aromatic amines is 1. The lowest BCUT2D eigenvalue weighted by atomic mass is 9.99. The summed E-state index contributed by atoms with van der Waals surface area (Å²) in [6.07, 6.45) is 3.04. The van der Waals surface area contributed by atoms with Gasteiger partial charge in [-0.2, -0.15) is 0 Å². The van der Waals surface area contributed by atoms with Crippen molar-refractivity contribution < 1.29 is 0 Å². The molecule has 0 amide bonds. The third kappa shape index (κ3) is 1.29. The first kappa shape index (κ1) is 8.74. The molecule has 1 aromatic carbocycles. The Morgan fingerprint density at radius 2 is 2.20 bits per heavy atom. The molecule has 0 bridgehead atoms. The Kier molecular flexibility index (Phi) is 1.89. The molecular weight excluding hydrogens is 184 g/mol. The molecule has 2 N–H and O–H groups in total. The lowest BCUT2D eigenvalue weighted by molar-refractivity contribution is 0.551. The fraction of sp³-hybridized carbons (Fsp3) is 0.231. The van der Waals surface area contributed by atoms with E-state index in [-0.39, 0.29) is 0 Å². The number of benzene rings is 1. The van der Waals surface area contributed by atoms with Gasteiger partial charge < -0.3 is 10.3 Å². The van der Waals surface area contributed by atoms with E-state index in [4.69, 9.17) is 0 Å². The van der Waals surface area contributed by atoms with Crippen molar-refractivity contribution in [2.75, 3.05) is 0 Å². The lowest BCUT2D eigenvalue weighted by Crippen LogP contribution is -2.33. The summed E-state index contributed by atoms with van der Waals surface area (Å²) >= 11 is 0. The van der Waals surface area contributed by atoms with E-state index in [1.807, 2.05) is 6.08 Å². The smallest absolute Gasteiger partial charge is 0.0459 e. The highest BCUT2D eigenvalue weighted by molar-refractivity contribution is 5.84. The van der Waals surface area contributed by atoms with Crippen molar-refractivity contribution >= 4 is 10.9 Å². The van der Waals surface area contributed by atoms with Crippen LogP contribution in [0.2, 0.25) is 0 Å². The number of aromatic nitrogens is 1. The third-order valence-corrected chi connectivity index (χ3v) is 3.15. The molecule has 0 aliphatic carbocycles. The maximum atomic E-state index is 3.85. The van der Waals surface area contributed by atoms with Crippen molar-refractivity contribution in [1.29, 1.82) is 0 Å². The Morgan fingerprint density at radius 1 is 1.33 bits per heavy atom. The van der Waals surface area contributed by atoms with Crippen LogP contribution in [0.15, 0.2) is 36.9 Å². The van der Waals surface area contributed by atoms with Crippen LogP contribution in [0.25, 0.3) is 10.9 Å². The zero-order valence-corrected chi connectivity index (χ0v) is 8.59. The van der Waals surface area contributed by atoms with Gasteiger partial charge in [-0.25, -0.2) is 0 Å². The molecule has 1 unspecified atom stereocenters. The minimum atomic E-state index is 0.414. The van der Waals surface area contributed by atoms with Gasteiger partial charge >= 0.3 is 0 Å². The number of hydrogen-bond donors (Lipinski definition) is 2. The number of fused-ring (bicyclic) bond motifs is 3. The van der Waals surface area contributed by atoms with Gasteiger partial charge in [0.1, 0.15) is 0 Å². The summed E-state index contributed by atoms with van der Waals surface area (Å²) in [6.45, 7) is 4.77. The summed E-state index contributed by atoms with van der Waals surface area (Å²) in [5.41, 5.74) is 4.03. The fourth-order valence-electron chi connectivity index (χ4n) is 2.33. The Hall–Kier alpha value is -1.54. The first-order valence-electron chi connectivity index (χ1n) is 5.33. The van der Waals surface area contributed by atoms with Crippen LogP contribution in [-0.2, 0) is 13.0 Å². The second kappa shape index (κ2) is 3.24. The predicted octanol–water partition coefficient (Wildman–Crippen LogP) is 2.37. The first-order chi connectivity index (χ1) is 7.38. The highest BCUT2D eigenvalue weighted by Crippen LogP contribution is 2.26. The van der Waals surface area contributed by atoms with E-state index in [2.05, 4.69) is 41.1 Å². The molecule has 0 saturated heterocycles. The van der Waals surface area contributed by atoms with Gasteiger partial charge in [-0.3, -0.25) is 0 Å². The molecule has 76 valence electrons. The number of nitrogens with one attached hydrogen (secondary N) is 2. The average molecular weight is 198 g/mol. The summed E-state index contributed by atoms with van der Waals surface area (Å²) < 4.78 is 0. The molecule has 1 atom stereocenters. The maximum Gasteiger partial charge on any atom is 0.0459 e. The molecule has 1 aliphatic rings. The molecule has 1 aliphatic heterocycles. The molecule has 2 heteroatoms. The second-order valence-corrected chi connectivity index (χ2v) is 4.05. The zero-order chi connectivity index (χ0) is 10.3. The highest BCUT2D eigenvalue weighted by atomic mass is 14.9. The zero-order valence-electron chi connectivity index (χ0n) is 8.59. The van der Waals surface area contributed by atoms with Crippen LogP contribution in [0, 0.1) is 0 Å². The topological polar surface area (TPSA) is 27.8 Å². The Morgan fingerprint density at radius 3 is 3.07 bits per heavy atom. The SMILES string of the molecule is C=CC1Cc2c([nH]c3ccccc23)CN1. The number of rotatable bonds is 1. The van der Waals surface area contributed by atoms with Gasteiger partial charge in [-0.1, -0.05) is 24.3 Å². The van der Waals surface area contributed by atoms with Crippen molar-refractivity contribution in [3.63, 3.8) is 0 Å². The van der Waals surface area contributed by atoms with E-state index in [9.17, 15) is 0 Å². The molecule has 0 saturated carbocycles. The van der Waals surface area contributed by atoms with E-state index in [0.717, 1.165) is 13.0 Å². The van der Waals surface area contributed by atoms with Crippen molar-refractivity contribution in [1.82, 2.24) is 10.3 Å². The molecule has 15 heavy (non-hydrogen) atoms. The van der Waals surface area contributed by atoms with Crippen LogP contribution in [0.4, 0.5) is 0 Å². The Balaban J connectivity index is 2.18. The fourth-order valence-corrected chi connectivity index (χ4v) is 2.33. The van der Waals surface area contributed by atoms with Gasteiger partial charge in [0, 0.05) is 29.2 Å². The highest BCUT2D eigenvalue weighted by Gasteiger charge is 2.19.